The van der Waals surface area contributed by atoms with Gasteiger partial charge >= 0.3 is 0 Å². The van der Waals surface area contributed by atoms with Crippen molar-refractivity contribution >= 4 is 33.2 Å². The lowest BCUT2D eigenvalue weighted by atomic mass is 10.2. The summed E-state index contributed by atoms with van der Waals surface area (Å²) in [6.07, 6.45) is 3.20. The van der Waals surface area contributed by atoms with Crippen molar-refractivity contribution in [3.63, 3.8) is 0 Å². The summed E-state index contributed by atoms with van der Waals surface area (Å²) in [4.78, 5) is 16.4. The molecule has 29 heavy (non-hydrogen) atoms. The maximum Gasteiger partial charge on any atom is 0.277 e. The third-order valence-electron chi connectivity index (χ3n) is 4.22. The van der Waals surface area contributed by atoms with Crippen molar-refractivity contribution in [3.05, 3.63) is 59.5 Å². The van der Waals surface area contributed by atoms with E-state index in [1.54, 1.807) is 38.4 Å². The predicted octanol–water partition coefficient (Wildman–Crippen LogP) is 3.67. The molecule has 3 rings (SSSR count). The van der Waals surface area contributed by atoms with Crippen LogP contribution in [0.4, 0.5) is 5.69 Å². The van der Waals surface area contributed by atoms with Crippen molar-refractivity contribution in [1.82, 2.24) is 14.4 Å². The third-order valence-corrected chi connectivity index (χ3v) is 6.75. The van der Waals surface area contributed by atoms with E-state index in [1.165, 1.54) is 28.6 Å². The molecule has 10 heteroatoms. The molecule has 1 N–H and O–H groups in total. The summed E-state index contributed by atoms with van der Waals surface area (Å²) in [7, 11) is -3.78. The molecule has 0 bridgehead atoms. The fourth-order valence-corrected chi connectivity index (χ4v) is 4.67. The van der Waals surface area contributed by atoms with Crippen LogP contribution in [0.3, 0.4) is 0 Å². The van der Waals surface area contributed by atoms with Gasteiger partial charge < -0.3 is 9.84 Å². The van der Waals surface area contributed by atoms with Crippen LogP contribution in [0.2, 0.25) is 5.02 Å². The number of anilines is 1. The number of pyridine rings is 1. The molecule has 0 radical (unpaired) electrons. The second kappa shape index (κ2) is 8.73. The summed E-state index contributed by atoms with van der Waals surface area (Å²) in [6, 6.07) is 9.23. The molecule has 0 unspecified atom stereocenters. The summed E-state index contributed by atoms with van der Waals surface area (Å²) in [5, 5.41) is 6.47. The number of nitrogens with zero attached hydrogens (tertiary/aromatic N) is 3. The van der Waals surface area contributed by atoms with Gasteiger partial charge in [0.15, 0.2) is 11.5 Å². The fourth-order valence-electron chi connectivity index (χ4n) is 2.71. The molecule has 152 valence electrons. The van der Waals surface area contributed by atoms with E-state index in [4.69, 9.17) is 16.1 Å². The highest BCUT2D eigenvalue weighted by Crippen LogP contribution is 2.28. The van der Waals surface area contributed by atoms with Crippen molar-refractivity contribution in [1.29, 1.82) is 0 Å². The number of aromatic nitrogens is 2. The van der Waals surface area contributed by atoms with Gasteiger partial charge in [0.2, 0.25) is 10.0 Å². The van der Waals surface area contributed by atoms with Crippen molar-refractivity contribution in [3.8, 4) is 11.3 Å². The summed E-state index contributed by atoms with van der Waals surface area (Å²) < 4.78 is 32.1. The van der Waals surface area contributed by atoms with Gasteiger partial charge in [-0.25, -0.2) is 8.42 Å². The van der Waals surface area contributed by atoms with Crippen LogP contribution in [0.15, 0.2) is 58.2 Å². The highest BCUT2D eigenvalue weighted by atomic mass is 35.5. The molecule has 0 aliphatic heterocycles. The smallest absolute Gasteiger partial charge is 0.277 e. The molecule has 0 saturated carbocycles. The van der Waals surface area contributed by atoms with Crippen LogP contribution < -0.4 is 5.32 Å². The third kappa shape index (κ3) is 4.47. The zero-order chi connectivity index (χ0) is 21.0. The molecule has 0 spiro atoms. The minimum Gasteiger partial charge on any atom is -0.355 e. The van der Waals surface area contributed by atoms with E-state index < -0.39 is 15.9 Å². The normalized spacial score (nSPS) is 11.6. The van der Waals surface area contributed by atoms with Crippen LogP contribution >= 0.6 is 11.6 Å². The van der Waals surface area contributed by atoms with E-state index in [2.05, 4.69) is 15.5 Å². The number of amides is 1. The first kappa shape index (κ1) is 21.0. The quantitative estimate of drug-likeness (QED) is 0.608. The molecule has 8 nitrogen and oxygen atoms in total. The van der Waals surface area contributed by atoms with Crippen molar-refractivity contribution < 1.29 is 17.7 Å². The standard InChI is InChI=1S/C19H19ClN4O4S/c1-3-24(4-2)29(26,27)18-11-14(5-6-15(18)20)22-19(25)16-12-17(28-23-16)13-7-9-21-10-8-13/h5-12H,3-4H2,1-2H3,(H,22,25). The maximum atomic E-state index is 12.8. The SMILES string of the molecule is CCN(CC)S(=O)(=O)c1cc(NC(=O)c2cc(-c3ccncc3)on2)ccc1Cl. The van der Waals surface area contributed by atoms with Crippen LogP contribution in [0.5, 0.6) is 0 Å². The van der Waals surface area contributed by atoms with Gasteiger partial charge in [0.1, 0.15) is 4.90 Å². The molecule has 1 aromatic carbocycles. The number of nitrogens with one attached hydrogen (secondary N) is 1. The van der Waals surface area contributed by atoms with Gasteiger partial charge in [0, 0.05) is 42.8 Å². The Morgan fingerprint density at radius 3 is 2.48 bits per heavy atom. The Bertz CT molecular complexity index is 1110. The average Bonchev–Trinajstić information content (AvgIpc) is 3.21. The minimum atomic E-state index is -3.78. The summed E-state index contributed by atoms with van der Waals surface area (Å²) in [6.45, 7) is 4.10. The van der Waals surface area contributed by atoms with Crippen molar-refractivity contribution in [2.75, 3.05) is 18.4 Å². The number of rotatable bonds is 7. The van der Waals surface area contributed by atoms with Crippen LogP contribution in [-0.4, -0.2) is 41.9 Å². The molecular weight excluding hydrogens is 416 g/mol. The van der Waals surface area contributed by atoms with E-state index in [-0.39, 0.29) is 21.3 Å². The monoisotopic (exact) mass is 434 g/mol. The average molecular weight is 435 g/mol. The van der Waals surface area contributed by atoms with Gasteiger partial charge in [0.05, 0.1) is 5.02 Å². The molecule has 0 saturated heterocycles. The number of hydrogen-bond acceptors (Lipinski definition) is 6. The first-order valence-corrected chi connectivity index (χ1v) is 10.7. The Labute approximate surface area is 173 Å². The second-order valence-electron chi connectivity index (χ2n) is 6.00. The molecule has 0 aliphatic rings. The van der Waals surface area contributed by atoms with Crippen LogP contribution in [0, 0.1) is 0 Å². The minimum absolute atomic E-state index is 0.0555. The van der Waals surface area contributed by atoms with E-state index in [9.17, 15) is 13.2 Å². The predicted molar refractivity (Wildman–Crippen MR) is 109 cm³/mol. The Balaban J connectivity index is 1.84. The Kier molecular flexibility index (Phi) is 6.31. The second-order valence-corrected chi connectivity index (χ2v) is 8.31. The van der Waals surface area contributed by atoms with Gasteiger partial charge in [0.25, 0.3) is 5.91 Å². The van der Waals surface area contributed by atoms with E-state index in [1.807, 2.05) is 0 Å². The molecule has 3 aromatic rings. The van der Waals surface area contributed by atoms with Crippen LogP contribution in [0.25, 0.3) is 11.3 Å². The Morgan fingerprint density at radius 1 is 1.14 bits per heavy atom. The highest BCUT2D eigenvalue weighted by molar-refractivity contribution is 7.89. The number of carbonyl (C=O) groups is 1. The van der Waals surface area contributed by atoms with E-state index in [0.717, 1.165) is 5.56 Å². The highest BCUT2D eigenvalue weighted by Gasteiger charge is 2.25. The first-order chi connectivity index (χ1) is 13.9. The molecule has 1 amide bonds. The topological polar surface area (TPSA) is 105 Å². The van der Waals surface area contributed by atoms with E-state index in [0.29, 0.717) is 18.8 Å². The molecular formula is C19H19ClN4O4S. The molecule has 2 aromatic heterocycles. The van der Waals surface area contributed by atoms with Crippen molar-refractivity contribution in [2.24, 2.45) is 0 Å². The summed E-state index contributed by atoms with van der Waals surface area (Å²) >= 11 is 6.11. The van der Waals surface area contributed by atoms with Crippen molar-refractivity contribution in [2.45, 2.75) is 18.7 Å². The molecule has 0 fully saturated rings. The Hall–Kier alpha value is -2.75. The zero-order valence-electron chi connectivity index (χ0n) is 15.8. The van der Waals surface area contributed by atoms with Crippen LogP contribution in [-0.2, 0) is 10.0 Å². The van der Waals surface area contributed by atoms with Gasteiger partial charge in [-0.3, -0.25) is 9.78 Å². The summed E-state index contributed by atoms with van der Waals surface area (Å²) in [5.74, 6) is -0.124. The fraction of sp³-hybridized carbons (Fsp3) is 0.211. The lowest BCUT2D eigenvalue weighted by Crippen LogP contribution is -2.30. The molecule has 0 atom stereocenters. The molecule has 2 heterocycles. The number of benzene rings is 1. The van der Waals surface area contributed by atoms with E-state index >= 15 is 0 Å². The van der Waals surface area contributed by atoms with Gasteiger partial charge in [-0.15, -0.1) is 0 Å². The Morgan fingerprint density at radius 2 is 1.83 bits per heavy atom. The number of halogens is 1. The number of sulfonamides is 1. The summed E-state index contributed by atoms with van der Waals surface area (Å²) in [5.41, 5.74) is 1.06. The largest absolute Gasteiger partial charge is 0.355 e. The van der Waals surface area contributed by atoms with Gasteiger partial charge in [-0.2, -0.15) is 4.31 Å². The first-order valence-electron chi connectivity index (χ1n) is 8.85. The lowest BCUT2D eigenvalue weighted by molar-refractivity contribution is 0.101. The maximum absolute atomic E-state index is 12.8. The number of hydrogen-bond donors (Lipinski definition) is 1. The lowest BCUT2D eigenvalue weighted by Gasteiger charge is -2.19. The zero-order valence-corrected chi connectivity index (χ0v) is 17.4. The number of carbonyl (C=O) groups excluding carboxylic acids is 1. The van der Waals surface area contributed by atoms with Gasteiger partial charge in [-0.1, -0.05) is 30.6 Å². The van der Waals surface area contributed by atoms with Crippen LogP contribution in [0.1, 0.15) is 24.3 Å². The molecule has 0 aliphatic carbocycles. The van der Waals surface area contributed by atoms with Gasteiger partial charge in [-0.05, 0) is 30.3 Å².